The van der Waals surface area contributed by atoms with Gasteiger partial charge in [0, 0.05) is 37.8 Å². The molecule has 1 heterocycles. The van der Waals surface area contributed by atoms with Gasteiger partial charge in [0.15, 0.2) is 0 Å². The molecule has 0 radical (unpaired) electrons. The summed E-state index contributed by atoms with van der Waals surface area (Å²) in [4.78, 5) is 16.5. The van der Waals surface area contributed by atoms with Crippen molar-refractivity contribution in [2.24, 2.45) is 0 Å². The Balaban J connectivity index is 1.59. The van der Waals surface area contributed by atoms with Crippen LogP contribution in [-0.4, -0.2) is 68.2 Å². The van der Waals surface area contributed by atoms with Crippen LogP contribution < -0.4 is 0 Å². The van der Waals surface area contributed by atoms with Crippen molar-refractivity contribution >= 4 is 15.9 Å². The van der Waals surface area contributed by atoms with Crippen molar-refractivity contribution in [2.75, 3.05) is 39.8 Å². The second-order valence-electron chi connectivity index (χ2n) is 8.14. The van der Waals surface area contributed by atoms with Crippen LogP contribution in [0.25, 0.3) is 0 Å². The SMILES string of the molecule is Cc1ccc(S(=O)(=O)N2CCN(C(=O)CN(C)C(C)c3ccccc3F)CC2)cc1C. The fraction of sp³-hybridized carbons (Fsp3) is 0.435. The van der Waals surface area contributed by atoms with E-state index in [1.165, 1.54) is 10.4 Å². The molecule has 0 N–H and O–H groups in total. The van der Waals surface area contributed by atoms with Crippen molar-refractivity contribution in [1.29, 1.82) is 0 Å². The minimum Gasteiger partial charge on any atom is -0.339 e. The van der Waals surface area contributed by atoms with Crippen molar-refractivity contribution < 1.29 is 17.6 Å². The Hall–Kier alpha value is -2.29. The molecule has 6 nitrogen and oxygen atoms in total. The highest BCUT2D eigenvalue weighted by atomic mass is 32.2. The lowest BCUT2D eigenvalue weighted by Gasteiger charge is -2.35. The van der Waals surface area contributed by atoms with Crippen molar-refractivity contribution in [3.05, 3.63) is 65.0 Å². The van der Waals surface area contributed by atoms with E-state index in [1.54, 1.807) is 47.2 Å². The Morgan fingerprint density at radius 3 is 2.32 bits per heavy atom. The second-order valence-corrected chi connectivity index (χ2v) is 10.1. The number of benzene rings is 2. The molecule has 0 saturated carbocycles. The molecule has 1 aliphatic rings. The number of piperazine rings is 1. The molecule has 1 aliphatic heterocycles. The molecular weight excluding hydrogens is 417 g/mol. The van der Waals surface area contributed by atoms with Gasteiger partial charge in [-0.2, -0.15) is 4.31 Å². The summed E-state index contributed by atoms with van der Waals surface area (Å²) in [6.07, 6.45) is 0. The zero-order chi connectivity index (χ0) is 22.8. The number of nitrogens with zero attached hydrogens (tertiary/aromatic N) is 3. The molecule has 1 amide bonds. The fourth-order valence-electron chi connectivity index (χ4n) is 3.70. The summed E-state index contributed by atoms with van der Waals surface area (Å²) in [7, 11) is -1.80. The van der Waals surface area contributed by atoms with E-state index in [0.29, 0.717) is 18.7 Å². The highest BCUT2D eigenvalue weighted by Crippen LogP contribution is 2.23. The minimum absolute atomic E-state index is 0.0890. The summed E-state index contributed by atoms with van der Waals surface area (Å²) < 4.78 is 41.4. The number of sulfonamides is 1. The van der Waals surface area contributed by atoms with Crippen LogP contribution in [0, 0.1) is 19.7 Å². The van der Waals surface area contributed by atoms with Gasteiger partial charge in [0.05, 0.1) is 11.4 Å². The van der Waals surface area contributed by atoms with Gasteiger partial charge < -0.3 is 4.90 Å². The first kappa shape index (κ1) is 23.4. The molecule has 1 atom stereocenters. The predicted molar refractivity (Wildman–Crippen MR) is 119 cm³/mol. The smallest absolute Gasteiger partial charge is 0.243 e. The Morgan fingerprint density at radius 2 is 1.71 bits per heavy atom. The third-order valence-electron chi connectivity index (χ3n) is 6.11. The second kappa shape index (κ2) is 9.46. The molecule has 1 unspecified atom stereocenters. The van der Waals surface area contributed by atoms with Crippen LogP contribution in [0.3, 0.4) is 0 Å². The maximum atomic E-state index is 14.0. The van der Waals surface area contributed by atoms with Crippen LogP contribution in [0.4, 0.5) is 4.39 Å². The normalized spacial score (nSPS) is 16.5. The van der Waals surface area contributed by atoms with E-state index in [4.69, 9.17) is 0 Å². The summed E-state index contributed by atoms with van der Waals surface area (Å²) in [6, 6.07) is 11.4. The summed E-state index contributed by atoms with van der Waals surface area (Å²) in [5.74, 6) is -0.381. The summed E-state index contributed by atoms with van der Waals surface area (Å²) in [5, 5.41) is 0. The van der Waals surface area contributed by atoms with Gasteiger partial charge in [0.25, 0.3) is 0 Å². The first-order valence-electron chi connectivity index (χ1n) is 10.4. The van der Waals surface area contributed by atoms with Crippen molar-refractivity contribution in [3.63, 3.8) is 0 Å². The van der Waals surface area contributed by atoms with Gasteiger partial charge in [-0.3, -0.25) is 9.69 Å². The summed E-state index contributed by atoms with van der Waals surface area (Å²) in [5.41, 5.74) is 2.52. The van der Waals surface area contributed by atoms with Gasteiger partial charge in [-0.15, -0.1) is 0 Å². The number of aryl methyl sites for hydroxylation is 2. The molecule has 1 saturated heterocycles. The number of hydrogen-bond donors (Lipinski definition) is 0. The van der Waals surface area contributed by atoms with Crippen LogP contribution in [0.2, 0.25) is 0 Å². The van der Waals surface area contributed by atoms with Crippen LogP contribution in [0.15, 0.2) is 47.4 Å². The average molecular weight is 448 g/mol. The van der Waals surface area contributed by atoms with Crippen molar-refractivity contribution in [1.82, 2.24) is 14.1 Å². The number of carbonyl (C=O) groups excluding carboxylic acids is 1. The Morgan fingerprint density at radius 1 is 1.06 bits per heavy atom. The van der Waals surface area contributed by atoms with Gasteiger partial charge >= 0.3 is 0 Å². The number of rotatable bonds is 6. The molecule has 0 bridgehead atoms. The van der Waals surface area contributed by atoms with Gasteiger partial charge in [-0.25, -0.2) is 12.8 Å². The molecule has 168 valence electrons. The molecule has 31 heavy (non-hydrogen) atoms. The zero-order valence-corrected chi connectivity index (χ0v) is 19.3. The lowest BCUT2D eigenvalue weighted by atomic mass is 10.1. The Bertz CT molecular complexity index is 1050. The largest absolute Gasteiger partial charge is 0.339 e. The molecule has 2 aromatic carbocycles. The number of halogens is 1. The molecule has 1 fully saturated rings. The van der Waals surface area contributed by atoms with Crippen molar-refractivity contribution in [2.45, 2.75) is 31.7 Å². The van der Waals surface area contributed by atoms with Crippen molar-refractivity contribution in [3.8, 4) is 0 Å². The molecule has 8 heteroatoms. The lowest BCUT2D eigenvalue weighted by Crippen LogP contribution is -2.52. The Labute approximate surface area is 184 Å². The first-order chi connectivity index (χ1) is 14.6. The van der Waals surface area contributed by atoms with Gasteiger partial charge in [-0.1, -0.05) is 24.3 Å². The van der Waals surface area contributed by atoms with Crippen LogP contribution in [-0.2, 0) is 14.8 Å². The van der Waals surface area contributed by atoms with E-state index in [1.807, 2.05) is 26.8 Å². The maximum absolute atomic E-state index is 14.0. The zero-order valence-electron chi connectivity index (χ0n) is 18.5. The van der Waals surface area contributed by atoms with E-state index >= 15 is 0 Å². The van der Waals surface area contributed by atoms with E-state index < -0.39 is 10.0 Å². The fourth-order valence-corrected chi connectivity index (χ4v) is 5.21. The molecular formula is C23H30FN3O3S. The van der Waals surface area contributed by atoms with Crippen LogP contribution in [0.5, 0.6) is 0 Å². The minimum atomic E-state index is -3.58. The van der Waals surface area contributed by atoms with E-state index in [0.717, 1.165) is 11.1 Å². The molecule has 3 rings (SSSR count). The molecule has 0 aromatic heterocycles. The highest BCUT2D eigenvalue weighted by Gasteiger charge is 2.31. The van der Waals surface area contributed by atoms with Crippen LogP contribution in [0.1, 0.15) is 29.7 Å². The van der Waals surface area contributed by atoms with E-state index in [-0.39, 0.29) is 42.3 Å². The average Bonchev–Trinajstić information content (AvgIpc) is 2.75. The van der Waals surface area contributed by atoms with Gasteiger partial charge in [0.2, 0.25) is 15.9 Å². The quantitative estimate of drug-likeness (QED) is 0.683. The Kier molecular flexibility index (Phi) is 7.13. The number of hydrogen-bond acceptors (Lipinski definition) is 4. The predicted octanol–water partition coefficient (Wildman–Crippen LogP) is 2.97. The van der Waals surface area contributed by atoms with E-state index in [9.17, 15) is 17.6 Å². The lowest BCUT2D eigenvalue weighted by molar-refractivity contribution is -0.133. The number of amides is 1. The summed E-state index contributed by atoms with van der Waals surface area (Å²) in [6.45, 7) is 7.03. The van der Waals surface area contributed by atoms with E-state index in [2.05, 4.69) is 0 Å². The molecule has 2 aromatic rings. The van der Waals surface area contributed by atoms with Gasteiger partial charge in [0.1, 0.15) is 5.82 Å². The maximum Gasteiger partial charge on any atom is 0.243 e. The number of carbonyl (C=O) groups is 1. The molecule has 0 spiro atoms. The van der Waals surface area contributed by atoms with Crippen LogP contribution >= 0.6 is 0 Å². The monoisotopic (exact) mass is 447 g/mol. The third kappa shape index (κ3) is 5.14. The number of likely N-dealkylation sites (N-methyl/N-ethyl adjacent to an activating group) is 1. The molecule has 0 aliphatic carbocycles. The summed E-state index contributed by atoms with van der Waals surface area (Å²) >= 11 is 0. The third-order valence-corrected chi connectivity index (χ3v) is 8.00. The highest BCUT2D eigenvalue weighted by molar-refractivity contribution is 7.89. The van der Waals surface area contributed by atoms with Gasteiger partial charge in [-0.05, 0) is 57.1 Å². The standard InChI is InChI=1S/C23H30FN3O3S/c1-17-9-10-20(15-18(17)2)31(29,30)27-13-11-26(12-14-27)23(28)16-25(4)19(3)21-7-5-6-8-22(21)24/h5-10,15,19H,11-14,16H2,1-4H3. The topological polar surface area (TPSA) is 60.9 Å². The first-order valence-corrected chi connectivity index (χ1v) is 11.8.